The smallest absolute Gasteiger partial charge is 0.408 e. The fourth-order valence-electron chi connectivity index (χ4n) is 9.43. The monoisotopic (exact) mass is 1260 g/mol. The molecule has 9 amide bonds. The highest BCUT2D eigenvalue weighted by atomic mass is 16.6. The molecule has 90 heavy (non-hydrogen) atoms. The average molecular weight is 1260 g/mol. The van der Waals surface area contributed by atoms with Crippen molar-refractivity contribution in [2.75, 3.05) is 39.5 Å². The first-order valence-electron chi connectivity index (χ1n) is 29.9. The van der Waals surface area contributed by atoms with E-state index >= 15 is 0 Å². The first kappa shape index (κ1) is 73.6. The van der Waals surface area contributed by atoms with Crippen LogP contribution in [0.4, 0.5) is 9.59 Å². The summed E-state index contributed by atoms with van der Waals surface area (Å²) >= 11 is 0. The number of fused-ring (bicyclic) bond motifs is 3. The number of amides is 9. The van der Waals surface area contributed by atoms with Crippen molar-refractivity contribution in [3.63, 3.8) is 0 Å². The summed E-state index contributed by atoms with van der Waals surface area (Å²) in [5.41, 5.74) is 8.95. The van der Waals surface area contributed by atoms with Crippen LogP contribution in [0.2, 0.25) is 0 Å². The van der Waals surface area contributed by atoms with Gasteiger partial charge >= 0.3 is 18.2 Å². The summed E-state index contributed by atoms with van der Waals surface area (Å²) in [6, 6.07) is 13.1. The van der Waals surface area contributed by atoms with Gasteiger partial charge in [0.15, 0.2) is 12.0 Å². The van der Waals surface area contributed by atoms with Crippen LogP contribution in [0.3, 0.4) is 0 Å². The number of aliphatic hydroxyl groups is 3. The number of carbonyl (C=O) groups is 10. The predicted molar refractivity (Wildman–Crippen MR) is 330 cm³/mol. The molecule has 16 N–H and O–H groups in total. The van der Waals surface area contributed by atoms with Crippen LogP contribution in [0.25, 0.3) is 11.1 Å². The van der Waals surface area contributed by atoms with E-state index < -0.39 is 152 Å². The van der Waals surface area contributed by atoms with E-state index in [4.69, 9.17) is 25.4 Å². The zero-order valence-electron chi connectivity index (χ0n) is 52.4. The Morgan fingerprint density at radius 3 is 1.71 bits per heavy atom. The van der Waals surface area contributed by atoms with Gasteiger partial charge in [-0.3, -0.25) is 39.0 Å². The van der Waals surface area contributed by atoms with Gasteiger partial charge in [-0.05, 0) is 85.6 Å². The Bertz CT molecular complexity index is 2900. The first-order valence-corrected chi connectivity index (χ1v) is 29.9. The number of rotatable bonds is 34. The number of alkyl carbamates (subject to hydrolysis) is 2. The summed E-state index contributed by atoms with van der Waals surface area (Å²) in [6.07, 6.45) is -3.08. The van der Waals surface area contributed by atoms with Gasteiger partial charge in [0.05, 0.1) is 32.4 Å². The van der Waals surface area contributed by atoms with E-state index in [1.807, 2.05) is 48.5 Å². The number of guanidine groups is 1. The third-order valence-corrected chi connectivity index (χ3v) is 14.4. The molecule has 0 heterocycles. The molecule has 0 saturated heterocycles. The standard InChI is InChI=1S/C62H90N12O16/c1-10-36(6)49(73-53(80)43(25-18-26-65-59(63)64)69-54(81)44(27-34(2)3)70-57(84)50(51(78)35(4)5)74-61(87)90-62(7,8)9)56(83)71-46(30-75)52(79)66-29-48(77)68-45(55(82)72-47(31-76)58(85)88-32-37-19-12-11-13-20-37)28-67-60(86)89-33-42-40-23-16-14-21-38(40)39-22-15-17-24-41(39)42/h11-17,19-24,34-36,42-47,49-51,75-76,78H,10,18,25-33H2,1-9H3,(H,66,79)(H,67,86)(H,68,77)(H,69,81)(H,70,84)(H,71,83)(H,72,82)(H,73,80)(H,74,87)(H4,63,64,65)/t36-,43+,44-,45-,46-,47-,49-,50-,51?/m0/s1. The number of hydrogen-bond acceptors (Lipinski definition) is 17. The van der Waals surface area contributed by atoms with Gasteiger partial charge in [0.1, 0.15) is 55.1 Å². The number of nitrogens with one attached hydrogen (secondary N) is 11. The molecule has 3 aromatic carbocycles. The normalized spacial score (nSPS) is 14.8. The van der Waals surface area contributed by atoms with E-state index in [1.54, 1.807) is 92.6 Å². The third-order valence-electron chi connectivity index (χ3n) is 14.4. The van der Waals surface area contributed by atoms with E-state index in [0.29, 0.717) is 5.56 Å². The van der Waals surface area contributed by atoms with Crippen molar-refractivity contribution in [1.82, 2.24) is 53.2 Å². The minimum atomic E-state index is -1.74. The van der Waals surface area contributed by atoms with Crippen molar-refractivity contribution in [3.05, 3.63) is 95.6 Å². The number of aliphatic hydroxyl groups excluding tert-OH is 3. The third kappa shape index (κ3) is 23.6. The van der Waals surface area contributed by atoms with Gasteiger partial charge in [0.25, 0.3) is 0 Å². The summed E-state index contributed by atoms with van der Waals surface area (Å²) in [5, 5.41) is 63.8. The second kappa shape index (κ2) is 35.9. The number of carbonyl (C=O) groups excluding carboxylic acids is 10. The molecule has 0 saturated carbocycles. The van der Waals surface area contributed by atoms with E-state index in [0.717, 1.165) is 22.3 Å². The second-order valence-electron chi connectivity index (χ2n) is 23.6. The highest BCUT2D eigenvalue weighted by Gasteiger charge is 2.38. The van der Waals surface area contributed by atoms with Crippen LogP contribution < -0.4 is 58.9 Å². The summed E-state index contributed by atoms with van der Waals surface area (Å²) in [7, 11) is 0. The molecule has 28 heteroatoms. The second-order valence-corrected chi connectivity index (χ2v) is 23.6. The molecule has 1 unspecified atom stereocenters. The van der Waals surface area contributed by atoms with E-state index in [-0.39, 0.29) is 63.2 Å². The molecule has 1 aliphatic carbocycles. The Kier molecular flexibility index (Phi) is 29.4. The van der Waals surface area contributed by atoms with E-state index in [2.05, 4.69) is 53.2 Å². The van der Waals surface area contributed by atoms with Gasteiger partial charge in [-0.1, -0.05) is 127 Å². The topological polar surface area (TPSA) is 429 Å². The molecule has 0 radical (unpaired) electrons. The van der Waals surface area contributed by atoms with Crippen molar-refractivity contribution in [2.24, 2.45) is 23.5 Å². The molecule has 0 bridgehead atoms. The lowest BCUT2D eigenvalue weighted by Gasteiger charge is -2.30. The van der Waals surface area contributed by atoms with Crippen LogP contribution >= 0.6 is 0 Å². The van der Waals surface area contributed by atoms with Crippen molar-refractivity contribution in [1.29, 1.82) is 5.41 Å². The van der Waals surface area contributed by atoms with Gasteiger partial charge in [0, 0.05) is 12.5 Å². The van der Waals surface area contributed by atoms with Crippen LogP contribution in [0.15, 0.2) is 78.9 Å². The maximum Gasteiger partial charge on any atom is 0.408 e. The Hall–Kier alpha value is -8.89. The highest BCUT2D eigenvalue weighted by Crippen LogP contribution is 2.44. The largest absolute Gasteiger partial charge is 0.459 e. The Morgan fingerprint density at radius 1 is 0.600 bits per heavy atom. The van der Waals surface area contributed by atoms with Crippen LogP contribution in [0.1, 0.15) is 111 Å². The Morgan fingerprint density at radius 2 is 1.14 bits per heavy atom. The molecular weight excluding hydrogens is 1170 g/mol. The summed E-state index contributed by atoms with van der Waals surface area (Å²) in [4.78, 5) is 137. The van der Waals surface area contributed by atoms with E-state index in [1.165, 1.54) is 0 Å². The molecule has 0 aliphatic heterocycles. The SMILES string of the molecule is CC[C@H](C)[C@H](NC(=O)[C@@H](CCCNC(=N)N)NC(=O)[C@H](CC(C)C)NC(=O)[C@@H](NC(=O)OC(C)(C)C)C(O)C(C)C)C(=O)N[C@@H](CO)C(=O)NCC(=O)N[C@@H](CNC(=O)OCC1c2ccccc2-c2ccccc21)C(=O)N[C@@H](CO)C(=O)OCc1ccccc1. The summed E-state index contributed by atoms with van der Waals surface area (Å²) in [6.45, 7) is 11.2. The number of ether oxygens (including phenoxy) is 3. The predicted octanol–water partition coefficient (Wildman–Crippen LogP) is 0.544. The molecule has 1 aliphatic rings. The molecule has 0 fully saturated rings. The lowest BCUT2D eigenvalue weighted by atomic mass is 9.96. The minimum absolute atomic E-state index is 0.0225. The maximum absolute atomic E-state index is 14.3. The van der Waals surface area contributed by atoms with Crippen molar-refractivity contribution in [3.8, 4) is 11.1 Å². The molecule has 9 atom stereocenters. The molecule has 0 spiro atoms. The van der Waals surface area contributed by atoms with Gasteiger partial charge in [0.2, 0.25) is 41.4 Å². The van der Waals surface area contributed by atoms with Crippen molar-refractivity contribution in [2.45, 2.75) is 155 Å². The molecule has 494 valence electrons. The number of esters is 1. The average Bonchev–Trinajstić information content (AvgIpc) is 1.65. The summed E-state index contributed by atoms with van der Waals surface area (Å²) in [5.74, 6) is -9.96. The lowest BCUT2D eigenvalue weighted by molar-refractivity contribution is -0.150. The van der Waals surface area contributed by atoms with E-state index in [9.17, 15) is 63.3 Å². The van der Waals surface area contributed by atoms with Gasteiger partial charge in [-0.25, -0.2) is 14.4 Å². The Labute approximate surface area is 523 Å². The fourth-order valence-corrected chi connectivity index (χ4v) is 9.43. The van der Waals surface area contributed by atoms with Crippen molar-refractivity contribution >= 4 is 65.5 Å². The van der Waals surface area contributed by atoms with Crippen LogP contribution in [-0.2, 0) is 59.2 Å². The number of hydrogen-bond donors (Lipinski definition) is 15. The molecule has 0 aromatic heterocycles. The number of benzene rings is 3. The van der Waals surface area contributed by atoms with Crippen LogP contribution in [-0.4, -0.2) is 174 Å². The molecular formula is C62H90N12O16. The molecule has 4 rings (SSSR count). The maximum atomic E-state index is 14.3. The van der Waals surface area contributed by atoms with Crippen LogP contribution in [0.5, 0.6) is 0 Å². The minimum Gasteiger partial charge on any atom is -0.459 e. The fraction of sp³-hybridized carbons (Fsp3) is 0.532. The lowest BCUT2D eigenvalue weighted by Crippen LogP contribution is -2.62. The summed E-state index contributed by atoms with van der Waals surface area (Å²) < 4.78 is 16.2. The first-order chi connectivity index (χ1) is 42.6. The van der Waals surface area contributed by atoms with Gasteiger partial charge in [-0.15, -0.1) is 0 Å². The Balaban J connectivity index is 1.47. The van der Waals surface area contributed by atoms with Gasteiger partial charge < -0.3 is 88.4 Å². The molecule has 28 nitrogen and oxygen atoms in total. The molecule has 3 aromatic rings. The van der Waals surface area contributed by atoms with Gasteiger partial charge in [-0.2, -0.15) is 0 Å². The zero-order valence-corrected chi connectivity index (χ0v) is 52.4. The highest BCUT2D eigenvalue weighted by molar-refractivity contribution is 5.97. The quantitative estimate of drug-likeness (QED) is 0.0128. The number of nitrogens with two attached hydrogens (primary N) is 1. The van der Waals surface area contributed by atoms with Crippen molar-refractivity contribution < 1.29 is 77.5 Å². The van der Waals surface area contributed by atoms with Crippen LogP contribution in [0, 0.1) is 23.2 Å². The zero-order chi connectivity index (χ0) is 66.8.